The van der Waals surface area contributed by atoms with E-state index in [0.717, 1.165) is 31.2 Å². The van der Waals surface area contributed by atoms with Crippen LogP contribution in [0.1, 0.15) is 44.6 Å². The zero-order valence-electron chi connectivity index (χ0n) is 20.8. The molecular weight excluding hydrogens is 498 g/mol. The lowest BCUT2D eigenvalue weighted by Gasteiger charge is -2.27. The van der Waals surface area contributed by atoms with Gasteiger partial charge in [-0.1, -0.05) is 24.6 Å². The van der Waals surface area contributed by atoms with Crippen molar-refractivity contribution in [3.8, 4) is 0 Å². The Morgan fingerprint density at radius 2 is 1.67 bits per heavy atom. The molecule has 194 valence electrons. The average molecular weight is 532 g/mol. The van der Waals surface area contributed by atoms with Gasteiger partial charge in [-0.2, -0.15) is 0 Å². The molecule has 3 aromatic rings. The molecule has 9 nitrogen and oxygen atoms in total. The summed E-state index contributed by atoms with van der Waals surface area (Å²) < 4.78 is 55.1. The monoisotopic (exact) mass is 531 g/mol. The summed E-state index contributed by atoms with van der Waals surface area (Å²) in [5.41, 5.74) is 1.35. The maximum atomic E-state index is 13.3. The van der Waals surface area contributed by atoms with Crippen LogP contribution in [0.25, 0.3) is 11.0 Å². The van der Waals surface area contributed by atoms with Gasteiger partial charge in [-0.15, -0.1) is 0 Å². The van der Waals surface area contributed by atoms with E-state index in [1.165, 1.54) is 10.3 Å². The SMILES string of the molecule is CCCS(=O)(=O)N[C@H]1CC2C[C@H](N(C)c3ncnc4c3ccn4S(=O)(=O)c3ccc(C)cc3)C[C@H]2C1. The van der Waals surface area contributed by atoms with Gasteiger partial charge in [-0.05, 0) is 69.1 Å². The first-order valence-electron chi connectivity index (χ1n) is 12.5. The fourth-order valence-electron chi connectivity index (χ4n) is 5.97. The van der Waals surface area contributed by atoms with E-state index in [9.17, 15) is 16.8 Å². The first-order valence-corrected chi connectivity index (χ1v) is 15.6. The number of rotatable bonds is 8. The van der Waals surface area contributed by atoms with Gasteiger partial charge in [0, 0.05) is 25.3 Å². The highest BCUT2D eigenvalue weighted by molar-refractivity contribution is 7.90. The Hall–Kier alpha value is -2.50. The highest BCUT2D eigenvalue weighted by Gasteiger charge is 2.44. The molecule has 11 heteroatoms. The molecule has 1 N–H and O–H groups in total. The standard InChI is InChI=1S/C25H33N5O4S2/c1-4-11-35(31,32)28-20-12-18-14-21(15-19(18)13-20)29(3)24-23-9-10-30(25(23)27-16-26-24)36(33,34)22-7-5-17(2)6-8-22/h5-10,16,18-21,28H,4,11-15H2,1-3H3/t18-,19?,20-,21-/m1/s1. The van der Waals surface area contributed by atoms with E-state index in [1.807, 2.05) is 20.9 Å². The fraction of sp³-hybridized carbons (Fsp3) is 0.520. The Bertz CT molecular complexity index is 1450. The van der Waals surface area contributed by atoms with Gasteiger partial charge in [0.2, 0.25) is 10.0 Å². The predicted molar refractivity (Wildman–Crippen MR) is 140 cm³/mol. The quantitative estimate of drug-likeness (QED) is 0.474. The number of anilines is 1. The van der Waals surface area contributed by atoms with Crippen molar-refractivity contribution < 1.29 is 16.8 Å². The minimum absolute atomic E-state index is 0.0228. The van der Waals surface area contributed by atoms with Gasteiger partial charge in [-0.3, -0.25) is 0 Å². The fourth-order valence-corrected chi connectivity index (χ4v) is 8.62. The number of nitrogens with zero attached hydrogens (tertiary/aromatic N) is 4. The summed E-state index contributed by atoms with van der Waals surface area (Å²) in [4.78, 5) is 11.2. The zero-order chi connectivity index (χ0) is 25.7. The van der Waals surface area contributed by atoms with E-state index in [4.69, 9.17) is 0 Å². The second kappa shape index (κ2) is 9.42. The molecule has 2 saturated carbocycles. The third-order valence-corrected chi connectivity index (χ3v) is 11.0. The molecule has 2 aliphatic carbocycles. The van der Waals surface area contributed by atoms with Crippen molar-refractivity contribution in [1.29, 1.82) is 0 Å². The Morgan fingerprint density at radius 1 is 1.00 bits per heavy atom. The van der Waals surface area contributed by atoms with Crippen molar-refractivity contribution in [2.24, 2.45) is 11.8 Å². The van der Waals surface area contributed by atoms with Gasteiger partial charge in [0.15, 0.2) is 5.65 Å². The van der Waals surface area contributed by atoms with Gasteiger partial charge in [-0.25, -0.2) is 35.5 Å². The molecule has 0 spiro atoms. The normalized spacial score (nSPS) is 24.3. The molecule has 2 aliphatic rings. The summed E-state index contributed by atoms with van der Waals surface area (Å²) in [7, 11) is -4.99. The van der Waals surface area contributed by atoms with E-state index in [2.05, 4.69) is 19.6 Å². The maximum Gasteiger partial charge on any atom is 0.269 e. The van der Waals surface area contributed by atoms with E-state index in [0.29, 0.717) is 35.1 Å². The molecule has 2 heterocycles. The number of sulfonamides is 1. The number of aryl methyl sites for hydroxylation is 1. The smallest absolute Gasteiger partial charge is 0.269 e. The van der Waals surface area contributed by atoms with Crippen molar-refractivity contribution >= 4 is 36.9 Å². The van der Waals surface area contributed by atoms with Crippen LogP contribution in [0.5, 0.6) is 0 Å². The molecule has 2 aromatic heterocycles. The van der Waals surface area contributed by atoms with Crippen LogP contribution in [0.15, 0.2) is 47.8 Å². The van der Waals surface area contributed by atoms with Gasteiger partial charge >= 0.3 is 0 Å². The Kier molecular flexibility index (Phi) is 6.59. The van der Waals surface area contributed by atoms with Crippen LogP contribution in [0.3, 0.4) is 0 Å². The van der Waals surface area contributed by atoms with E-state index < -0.39 is 20.0 Å². The molecule has 36 heavy (non-hydrogen) atoms. The number of benzene rings is 1. The number of hydrogen-bond donors (Lipinski definition) is 1. The average Bonchev–Trinajstić information content (AvgIpc) is 3.51. The third-order valence-electron chi connectivity index (χ3n) is 7.70. The summed E-state index contributed by atoms with van der Waals surface area (Å²) in [6.07, 6.45) is 7.22. The van der Waals surface area contributed by atoms with Crippen molar-refractivity contribution in [3.05, 3.63) is 48.4 Å². The summed E-state index contributed by atoms with van der Waals surface area (Å²) in [5.74, 6) is 1.82. The Morgan fingerprint density at radius 3 is 2.31 bits per heavy atom. The molecule has 5 rings (SSSR count). The topological polar surface area (TPSA) is 114 Å². The molecule has 0 radical (unpaired) electrons. The molecule has 1 aromatic carbocycles. The first-order chi connectivity index (χ1) is 17.1. The van der Waals surface area contributed by atoms with Crippen LogP contribution in [0.4, 0.5) is 5.82 Å². The van der Waals surface area contributed by atoms with Crippen LogP contribution >= 0.6 is 0 Å². The summed E-state index contributed by atoms with van der Waals surface area (Å²) in [6, 6.07) is 8.82. The summed E-state index contributed by atoms with van der Waals surface area (Å²) >= 11 is 0. The lowest BCUT2D eigenvalue weighted by Crippen LogP contribution is -2.36. The highest BCUT2D eigenvalue weighted by Crippen LogP contribution is 2.46. The van der Waals surface area contributed by atoms with Crippen molar-refractivity contribution in [2.45, 2.75) is 62.9 Å². The number of aromatic nitrogens is 3. The van der Waals surface area contributed by atoms with Gasteiger partial charge in [0.25, 0.3) is 10.0 Å². The van der Waals surface area contributed by atoms with E-state index >= 15 is 0 Å². The molecular formula is C25H33N5O4S2. The molecule has 0 aliphatic heterocycles. The minimum Gasteiger partial charge on any atom is -0.356 e. The number of fused-ring (bicyclic) bond motifs is 2. The van der Waals surface area contributed by atoms with Gasteiger partial charge < -0.3 is 4.90 Å². The first kappa shape index (κ1) is 25.2. The van der Waals surface area contributed by atoms with Crippen LogP contribution in [0.2, 0.25) is 0 Å². The highest BCUT2D eigenvalue weighted by atomic mass is 32.2. The minimum atomic E-state index is -3.79. The molecule has 2 fully saturated rings. The molecule has 0 saturated heterocycles. The van der Waals surface area contributed by atoms with Crippen LogP contribution < -0.4 is 9.62 Å². The van der Waals surface area contributed by atoms with Crippen molar-refractivity contribution in [2.75, 3.05) is 17.7 Å². The maximum absolute atomic E-state index is 13.3. The summed E-state index contributed by atoms with van der Waals surface area (Å²) in [5, 5.41) is 0.693. The van der Waals surface area contributed by atoms with Crippen LogP contribution in [-0.4, -0.2) is 55.7 Å². The second-order valence-electron chi connectivity index (χ2n) is 10.2. The Labute approximate surface area is 213 Å². The largest absolute Gasteiger partial charge is 0.356 e. The van der Waals surface area contributed by atoms with Crippen LogP contribution in [-0.2, 0) is 20.0 Å². The van der Waals surface area contributed by atoms with Gasteiger partial charge in [0.1, 0.15) is 12.1 Å². The zero-order valence-corrected chi connectivity index (χ0v) is 22.5. The summed E-state index contributed by atoms with van der Waals surface area (Å²) in [6.45, 7) is 3.79. The van der Waals surface area contributed by atoms with Crippen molar-refractivity contribution in [3.63, 3.8) is 0 Å². The number of hydrogen-bond acceptors (Lipinski definition) is 7. The van der Waals surface area contributed by atoms with E-state index in [1.54, 1.807) is 36.5 Å². The third kappa shape index (κ3) is 4.64. The van der Waals surface area contributed by atoms with E-state index in [-0.39, 0.29) is 22.7 Å². The Balaban J connectivity index is 1.34. The van der Waals surface area contributed by atoms with Crippen LogP contribution in [0, 0.1) is 18.8 Å². The lowest BCUT2D eigenvalue weighted by molar-refractivity contribution is 0.457. The molecule has 1 unspecified atom stereocenters. The van der Waals surface area contributed by atoms with Gasteiger partial charge in [0.05, 0.1) is 16.0 Å². The second-order valence-corrected chi connectivity index (χ2v) is 13.9. The predicted octanol–water partition coefficient (Wildman–Crippen LogP) is 3.30. The lowest BCUT2D eigenvalue weighted by atomic mass is 10.0. The molecule has 4 atom stereocenters. The number of nitrogens with one attached hydrogen (secondary N) is 1. The van der Waals surface area contributed by atoms with Crippen molar-refractivity contribution in [1.82, 2.24) is 18.7 Å². The molecule has 0 amide bonds. The molecule has 0 bridgehead atoms.